The van der Waals surface area contributed by atoms with E-state index >= 15 is 0 Å². The van der Waals surface area contributed by atoms with Crippen LogP contribution in [0.3, 0.4) is 0 Å². The zero-order valence-corrected chi connectivity index (χ0v) is 12.8. The van der Waals surface area contributed by atoms with Crippen molar-refractivity contribution in [2.75, 3.05) is 20.0 Å². The summed E-state index contributed by atoms with van der Waals surface area (Å²) in [6, 6.07) is 10.8. The number of methoxy groups -OCH3 is 2. The Morgan fingerprint density at radius 3 is 2.26 bits per heavy atom. The van der Waals surface area contributed by atoms with Gasteiger partial charge < -0.3 is 15.2 Å². The molecule has 118 valence electrons. The molecule has 0 spiro atoms. The quantitative estimate of drug-likeness (QED) is 0.690. The van der Waals surface area contributed by atoms with Gasteiger partial charge in [0, 0.05) is 11.8 Å². The number of benzene rings is 2. The lowest BCUT2D eigenvalue weighted by atomic mass is 10.1. The van der Waals surface area contributed by atoms with Crippen molar-refractivity contribution in [3.8, 4) is 11.5 Å². The van der Waals surface area contributed by atoms with Gasteiger partial charge in [-0.15, -0.1) is 0 Å². The van der Waals surface area contributed by atoms with Gasteiger partial charge in [0.05, 0.1) is 26.3 Å². The predicted octanol–water partition coefficient (Wildman–Crippen LogP) is 2.08. The molecule has 2 aromatic carbocycles. The van der Waals surface area contributed by atoms with E-state index in [0.29, 0.717) is 5.75 Å². The number of imide groups is 1. The standard InChI is InChI=1S/C17H16N2O4/c1-22-12-8-11(18)13-14(15(12)23-2)17(21)19(16(13)20)9-10-6-4-3-5-7-10/h3-8H,9,18H2,1-2H3. The summed E-state index contributed by atoms with van der Waals surface area (Å²) in [5.41, 5.74) is 7.33. The summed E-state index contributed by atoms with van der Waals surface area (Å²) in [5.74, 6) is -0.305. The average molecular weight is 312 g/mol. The topological polar surface area (TPSA) is 81.9 Å². The van der Waals surface area contributed by atoms with Crippen molar-refractivity contribution in [3.05, 3.63) is 53.1 Å². The molecule has 0 unspecified atom stereocenters. The number of carbonyl (C=O) groups is 2. The molecule has 3 rings (SSSR count). The molecule has 6 heteroatoms. The number of fused-ring (bicyclic) bond motifs is 1. The van der Waals surface area contributed by atoms with E-state index in [1.54, 1.807) is 0 Å². The lowest BCUT2D eigenvalue weighted by Crippen LogP contribution is -2.29. The maximum atomic E-state index is 12.7. The van der Waals surface area contributed by atoms with Gasteiger partial charge in [0.15, 0.2) is 11.5 Å². The molecule has 23 heavy (non-hydrogen) atoms. The SMILES string of the molecule is COc1cc(N)c2c(c1OC)C(=O)N(Cc1ccccc1)C2=O. The van der Waals surface area contributed by atoms with E-state index in [-0.39, 0.29) is 29.1 Å². The molecule has 0 saturated heterocycles. The van der Waals surface area contributed by atoms with Crippen LogP contribution in [0.1, 0.15) is 26.3 Å². The van der Waals surface area contributed by atoms with Gasteiger partial charge in [0.25, 0.3) is 11.8 Å². The van der Waals surface area contributed by atoms with Gasteiger partial charge in [-0.1, -0.05) is 30.3 Å². The first kappa shape index (κ1) is 14.9. The van der Waals surface area contributed by atoms with Crippen LogP contribution in [0, 0.1) is 0 Å². The van der Waals surface area contributed by atoms with Gasteiger partial charge in [-0.3, -0.25) is 14.5 Å². The molecule has 2 amide bonds. The number of nitrogens with zero attached hydrogens (tertiary/aromatic N) is 1. The first-order chi connectivity index (χ1) is 11.1. The molecule has 1 aliphatic rings. The molecule has 1 aliphatic heterocycles. The second kappa shape index (κ2) is 5.64. The molecule has 0 bridgehead atoms. The molecule has 1 heterocycles. The second-order valence-corrected chi connectivity index (χ2v) is 5.13. The summed E-state index contributed by atoms with van der Waals surface area (Å²) in [6.07, 6.45) is 0. The Bertz CT molecular complexity index is 787. The van der Waals surface area contributed by atoms with Crippen LogP contribution in [-0.4, -0.2) is 30.9 Å². The minimum absolute atomic E-state index is 0.158. The normalized spacial score (nSPS) is 13.2. The first-order valence-corrected chi connectivity index (χ1v) is 7.03. The van der Waals surface area contributed by atoms with Gasteiger partial charge in [0.2, 0.25) is 0 Å². The van der Waals surface area contributed by atoms with E-state index in [4.69, 9.17) is 15.2 Å². The molecule has 0 saturated carbocycles. The van der Waals surface area contributed by atoms with Crippen molar-refractivity contribution in [1.82, 2.24) is 4.90 Å². The van der Waals surface area contributed by atoms with Gasteiger partial charge in [-0.25, -0.2) is 0 Å². The zero-order valence-electron chi connectivity index (χ0n) is 12.8. The van der Waals surface area contributed by atoms with E-state index in [2.05, 4.69) is 0 Å². The Labute approximate surface area is 133 Å². The van der Waals surface area contributed by atoms with Crippen LogP contribution >= 0.6 is 0 Å². The summed E-state index contributed by atoms with van der Waals surface area (Å²) in [6.45, 7) is 0.179. The largest absolute Gasteiger partial charge is 0.493 e. The minimum atomic E-state index is -0.434. The third kappa shape index (κ3) is 2.28. The number of nitrogens with two attached hydrogens (primary N) is 1. The Morgan fingerprint density at radius 1 is 1.00 bits per heavy atom. The summed E-state index contributed by atoms with van der Waals surface area (Å²) in [4.78, 5) is 26.5. The lowest BCUT2D eigenvalue weighted by Gasteiger charge is -2.14. The number of ether oxygens (including phenoxy) is 2. The van der Waals surface area contributed by atoms with E-state index in [1.165, 1.54) is 25.2 Å². The molecule has 0 radical (unpaired) electrons. The van der Waals surface area contributed by atoms with E-state index in [1.807, 2.05) is 30.3 Å². The number of anilines is 1. The fourth-order valence-corrected chi connectivity index (χ4v) is 2.72. The van der Waals surface area contributed by atoms with Gasteiger partial charge in [-0.05, 0) is 5.56 Å². The van der Waals surface area contributed by atoms with Crippen LogP contribution in [-0.2, 0) is 6.54 Å². The maximum absolute atomic E-state index is 12.7. The van der Waals surface area contributed by atoms with Crippen molar-refractivity contribution in [1.29, 1.82) is 0 Å². The van der Waals surface area contributed by atoms with Crippen LogP contribution in [0.2, 0.25) is 0 Å². The molecule has 6 nitrogen and oxygen atoms in total. The molecule has 0 aromatic heterocycles. The third-order valence-electron chi connectivity index (χ3n) is 3.80. The number of hydrogen-bond donors (Lipinski definition) is 1. The number of hydrogen-bond acceptors (Lipinski definition) is 5. The number of amides is 2. The smallest absolute Gasteiger partial charge is 0.265 e. The van der Waals surface area contributed by atoms with Crippen LogP contribution < -0.4 is 15.2 Å². The second-order valence-electron chi connectivity index (χ2n) is 5.13. The Morgan fingerprint density at radius 2 is 1.65 bits per heavy atom. The highest BCUT2D eigenvalue weighted by Crippen LogP contribution is 2.42. The Kier molecular flexibility index (Phi) is 3.65. The maximum Gasteiger partial charge on any atom is 0.265 e. The first-order valence-electron chi connectivity index (χ1n) is 7.03. The highest BCUT2D eigenvalue weighted by molar-refractivity contribution is 6.25. The third-order valence-corrected chi connectivity index (χ3v) is 3.80. The number of carbonyl (C=O) groups excluding carboxylic acids is 2. The van der Waals surface area contributed by atoms with Crippen LogP contribution in [0.4, 0.5) is 5.69 Å². The van der Waals surface area contributed by atoms with Crippen molar-refractivity contribution in [2.24, 2.45) is 0 Å². The minimum Gasteiger partial charge on any atom is -0.493 e. The monoisotopic (exact) mass is 312 g/mol. The van der Waals surface area contributed by atoms with Crippen LogP contribution in [0.5, 0.6) is 11.5 Å². The van der Waals surface area contributed by atoms with Crippen molar-refractivity contribution < 1.29 is 19.1 Å². The van der Waals surface area contributed by atoms with Gasteiger partial charge in [0.1, 0.15) is 5.56 Å². The van der Waals surface area contributed by atoms with Gasteiger partial charge >= 0.3 is 0 Å². The Hall–Kier alpha value is -3.02. The molecule has 2 aromatic rings. The van der Waals surface area contributed by atoms with Crippen molar-refractivity contribution in [2.45, 2.75) is 6.54 Å². The fraction of sp³-hybridized carbons (Fsp3) is 0.176. The molecule has 0 aliphatic carbocycles. The zero-order chi connectivity index (χ0) is 16.6. The van der Waals surface area contributed by atoms with Crippen molar-refractivity contribution in [3.63, 3.8) is 0 Å². The van der Waals surface area contributed by atoms with E-state index in [0.717, 1.165) is 5.56 Å². The van der Waals surface area contributed by atoms with Crippen LogP contribution in [0.15, 0.2) is 36.4 Å². The summed E-state index contributed by atoms with van der Waals surface area (Å²) in [7, 11) is 2.87. The number of nitrogen functional groups attached to an aromatic ring is 1. The summed E-state index contributed by atoms with van der Waals surface area (Å²) >= 11 is 0. The van der Waals surface area contributed by atoms with Crippen LogP contribution in [0.25, 0.3) is 0 Å². The average Bonchev–Trinajstić information content (AvgIpc) is 2.81. The number of rotatable bonds is 4. The fourth-order valence-electron chi connectivity index (χ4n) is 2.72. The highest BCUT2D eigenvalue weighted by Gasteiger charge is 2.41. The molecule has 0 atom stereocenters. The molecular weight excluding hydrogens is 296 g/mol. The van der Waals surface area contributed by atoms with E-state index in [9.17, 15) is 9.59 Å². The highest BCUT2D eigenvalue weighted by atomic mass is 16.5. The molecule has 0 fully saturated rings. The molecule has 2 N–H and O–H groups in total. The lowest BCUT2D eigenvalue weighted by molar-refractivity contribution is 0.0641. The predicted molar refractivity (Wildman–Crippen MR) is 84.6 cm³/mol. The van der Waals surface area contributed by atoms with Gasteiger partial charge in [-0.2, -0.15) is 0 Å². The summed E-state index contributed by atoms with van der Waals surface area (Å²) < 4.78 is 10.5. The Balaban J connectivity index is 2.08. The molecular formula is C17H16N2O4. The summed E-state index contributed by atoms with van der Waals surface area (Å²) in [5, 5.41) is 0. The van der Waals surface area contributed by atoms with Crippen molar-refractivity contribution >= 4 is 17.5 Å². The van der Waals surface area contributed by atoms with E-state index < -0.39 is 11.8 Å².